The molecule has 0 aromatic heterocycles. The Morgan fingerprint density at radius 3 is 1.77 bits per heavy atom. The molecule has 0 saturated heterocycles. The van der Waals surface area contributed by atoms with Gasteiger partial charge < -0.3 is 14.2 Å². The van der Waals surface area contributed by atoms with E-state index >= 15 is 4.39 Å². The number of carbonyl (C=O) groups is 3. The predicted octanol–water partition coefficient (Wildman–Crippen LogP) is 6.71. The van der Waals surface area contributed by atoms with Gasteiger partial charge in [-0.2, -0.15) is 0 Å². The number of ether oxygens (including phenoxy) is 3. The predicted molar refractivity (Wildman–Crippen MR) is 150 cm³/mol. The van der Waals surface area contributed by atoms with Gasteiger partial charge in [0.05, 0.1) is 0 Å². The highest BCUT2D eigenvalue weighted by atomic mass is 19.1. The Morgan fingerprint density at radius 1 is 0.675 bits per heavy atom. The van der Waals surface area contributed by atoms with Crippen molar-refractivity contribution in [3.05, 3.63) is 108 Å². The van der Waals surface area contributed by atoms with E-state index in [1.165, 1.54) is 26.0 Å². The second-order valence-corrected chi connectivity index (χ2v) is 9.93. The molecule has 0 heterocycles. The third kappa shape index (κ3) is 6.43. The summed E-state index contributed by atoms with van der Waals surface area (Å²) in [6.07, 6.45) is 0.866. The molecule has 1 unspecified atom stereocenters. The van der Waals surface area contributed by atoms with Gasteiger partial charge in [0, 0.05) is 41.2 Å². The van der Waals surface area contributed by atoms with E-state index in [-0.39, 0.29) is 28.7 Å². The largest absolute Gasteiger partial charge is 0.458 e. The number of benzene rings is 3. The number of hydrogen-bond donors (Lipinski definition) is 0. The topological polar surface area (TPSA) is 78.9 Å². The third-order valence-electron chi connectivity index (χ3n) is 6.34. The summed E-state index contributed by atoms with van der Waals surface area (Å²) in [7, 11) is 0. The second-order valence-electron chi connectivity index (χ2n) is 9.93. The van der Waals surface area contributed by atoms with E-state index in [2.05, 4.69) is 19.7 Å². The molecule has 7 heteroatoms. The van der Waals surface area contributed by atoms with Crippen LogP contribution in [0.25, 0.3) is 22.3 Å². The summed E-state index contributed by atoms with van der Waals surface area (Å²) in [6, 6.07) is 14.9. The van der Waals surface area contributed by atoms with Crippen LogP contribution in [0.3, 0.4) is 0 Å². The summed E-state index contributed by atoms with van der Waals surface area (Å²) in [5.41, 5.74) is 4.82. The molecule has 0 bridgehead atoms. The minimum absolute atomic E-state index is 0.111. The van der Waals surface area contributed by atoms with Gasteiger partial charge >= 0.3 is 17.9 Å². The van der Waals surface area contributed by atoms with Crippen LogP contribution < -0.4 is 9.47 Å². The van der Waals surface area contributed by atoms with E-state index in [4.69, 9.17) is 14.2 Å². The van der Waals surface area contributed by atoms with Crippen molar-refractivity contribution in [2.75, 3.05) is 0 Å². The molecule has 0 N–H and O–H groups in total. The van der Waals surface area contributed by atoms with Crippen LogP contribution in [0.2, 0.25) is 0 Å². The molecule has 40 heavy (non-hydrogen) atoms. The Balaban J connectivity index is 1.63. The maximum atomic E-state index is 15.5. The third-order valence-corrected chi connectivity index (χ3v) is 6.34. The number of carbonyl (C=O) groups excluding carboxylic acids is 3. The van der Waals surface area contributed by atoms with Crippen LogP contribution in [0.1, 0.15) is 31.9 Å². The minimum atomic E-state index is -0.649. The Kier molecular flexibility index (Phi) is 8.14. The van der Waals surface area contributed by atoms with Crippen LogP contribution in [0.5, 0.6) is 11.5 Å². The fourth-order valence-corrected chi connectivity index (χ4v) is 4.25. The van der Waals surface area contributed by atoms with Crippen molar-refractivity contribution in [1.29, 1.82) is 0 Å². The summed E-state index contributed by atoms with van der Waals surface area (Å²) in [6.45, 7) is 15.4. The summed E-state index contributed by atoms with van der Waals surface area (Å²) in [4.78, 5) is 36.1. The number of rotatable bonds is 8. The van der Waals surface area contributed by atoms with Crippen molar-refractivity contribution in [2.45, 2.75) is 39.7 Å². The average Bonchev–Trinajstić information content (AvgIpc) is 3.29. The summed E-state index contributed by atoms with van der Waals surface area (Å²) in [5.74, 6) is -1.96. The van der Waals surface area contributed by atoms with Gasteiger partial charge in [-0.3, -0.25) is 0 Å². The van der Waals surface area contributed by atoms with E-state index in [1.807, 2.05) is 18.2 Å². The van der Waals surface area contributed by atoms with Crippen LogP contribution in [0.15, 0.2) is 91.1 Å². The Morgan fingerprint density at radius 2 is 1.23 bits per heavy atom. The van der Waals surface area contributed by atoms with E-state index < -0.39 is 23.7 Å². The summed E-state index contributed by atoms with van der Waals surface area (Å²) in [5, 5.41) is 0. The van der Waals surface area contributed by atoms with Crippen molar-refractivity contribution < 1.29 is 33.0 Å². The molecule has 1 atom stereocenters. The van der Waals surface area contributed by atoms with Crippen molar-refractivity contribution >= 4 is 17.9 Å². The minimum Gasteiger partial charge on any atom is -0.458 e. The molecule has 1 aliphatic rings. The molecule has 6 nitrogen and oxygen atoms in total. The smallest absolute Gasteiger partial charge is 0.338 e. The van der Waals surface area contributed by atoms with Gasteiger partial charge in [0.2, 0.25) is 0 Å². The monoisotopic (exact) mass is 540 g/mol. The van der Waals surface area contributed by atoms with E-state index in [0.717, 1.165) is 11.1 Å². The quantitative estimate of drug-likeness (QED) is 0.180. The number of halogens is 1. The molecular weight excluding hydrogens is 511 g/mol. The fourth-order valence-electron chi connectivity index (χ4n) is 4.25. The van der Waals surface area contributed by atoms with Crippen LogP contribution in [-0.4, -0.2) is 24.0 Å². The lowest BCUT2D eigenvalue weighted by Crippen LogP contribution is -2.18. The average molecular weight is 541 g/mol. The molecule has 3 aromatic rings. The lowest BCUT2D eigenvalue weighted by molar-refractivity contribution is -0.143. The van der Waals surface area contributed by atoms with E-state index in [0.29, 0.717) is 40.7 Å². The van der Waals surface area contributed by atoms with Gasteiger partial charge in [-0.15, -0.1) is 0 Å². The summed E-state index contributed by atoms with van der Waals surface area (Å²) >= 11 is 0. The van der Waals surface area contributed by atoms with Crippen LogP contribution >= 0.6 is 0 Å². The molecule has 0 radical (unpaired) electrons. The highest BCUT2D eigenvalue weighted by Gasteiger charge is 2.25. The van der Waals surface area contributed by atoms with Crippen LogP contribution in [0, 0.1) is 5.82 Å². The molecule has 0 saturated carbocycles. The van der Waals surface area contributed by atoms with Gasteiger partial charge in [0.1, 0.15) is 23.4 Å². The van der Waals surface area contributed by atoms with Crippen molar-refractivity contribution in [1.82, 2.24) is 0 Å². The van der Waals surface area contributed by atoms with Gasteiger partial charge in [0.25, 0.3) is 0 Å². The normalized spacial score (nSPS) is 13.7. The van der Waals surface area contributed by atoms with Crippen molar-refractivity contribution in [3.8, 4) is 33.8 Å². The van der Waals surface area contributed by atoms with E-state index in [1.54, 1.807) is 31.2 Å². The van der Waals surface area contributed by atoms with Crippen molar-refractivity contribution in [3.63, 3.8) is 0 Å². The van der Waals surface area contributed by atoms with Gasteiger partial charge in [-0.05, 0) is 66.8 Å². The van der Waals surface area contributed by atoms with E-state index in [9.17, 15) is 14.4 Å². The zero-order valence-electron chi connectivity index (χ0n) is 22.6. The number of esters is 3. The molecule has 1 aliphatic carbocycles. The first kappa shape index (κ1) is 28.2. The molecule has 0 amide bonds. The first-order valence-corrected chi connectivity index (χ1v) is 12.6. The van der Waals surface area contributed by atoms with Crippen molar-refractivity contribution in [2.24, 2.45) is 0 Å². The lowest BCUT2D eigenvalue weighted by Gasteiger charge is -2.12. The molecule has 204 valence electrons. The SMILES string of the molecule is C=C(C)C(=O)Oc1cc(OC(=O)C(=C)C)cc(-c2ccc(-c3ccc4c(c3)CC(OC(=O)C(=C)C)C4)c(F)c2)c1. The Bertz CT molecular complexity index is 1540. The lowest BCUT2D eigenvalue weighted by atomic mass is 9.97. The maximum absolute atomic E-state index is 15.5. The first-order chi connectivity index (χ1) is 18.9. The van der Waals surface area contributed by atoms with Gasteiger partial charge in [-0.1, -0.05) is 50.1 Å². The maximum Gasteiger partial charge on any atom is 0.338 e. The Hall–Kier alpha value is -4.78. The second kappa shape index (κ2) is 11.5. The summed E-state index contributed by atoms with van der Waals surface area (Å²) < 4.78 is 31.7. The highest BCUT2D eigenvalue weighted by molar-refractivity contribution is 5.90. The van der Waals surface area contributed by atoms with Gasteiger partial charge in [0.15, 0.2) is 0 Å². The molecule has 0 spiro atoms. The standard InChI is InChI=1S/C33H29FO6/c1-18(2)31(35)38-26-12-21-7-8-23(11-24(21)13-26)29-10-9-22(16-30(29)34)25-14-27(39-32(36)19(3)4)17-28(15-25)40-33(37)20(5)6/h7-11,14-17,26H,1,3,5,12-13H2,2,4,6H3. The molecule has 0 aliphatic heterocycles. The molecule has 3 aromatic carbocycles. The van der Waals surface area contributed by atoms with Crippen LogP contribution in [-0.2, 0) is 32.0 Å². The fraction of sp³-hybridized carbons (Fsp3) is 0.182. The van der Waals surface area contributed by atoms with Crippen LogP contribution in [0.4, 0.5) is 4.39 Å². The number of fused-ring (bicyclic) bond motifs is 1. The number of hydrogen-bond acceptors (Lipinski definition) is 6. The molecule has 0 fully saturated rings. The first-order valence-electron chi connectivity index (χ1n) is 12.6. The molecule has 4 rings (SSSR count). The zero-order valence-corrected chi connectivity index (χ0v) is 22.6. The highest BCUT2D eigenvalue weighted by Crippen LogP contribution is 2.35. The van der Waals surface area contributed by atoms with Gasteiger partial charge in [-0.25, -0.2) is 18.8 Å². The molecular formula is C33H29FO6. The zero-order chi connectivity index (χ0) is 29.1. The Labute approximate surface area is 232 Å².